The molecule has 0 aliphatic carbocycles. The first-order valence-electron chi connectivity index (χ1n) is 17.8. The Morgan fingerprint density at radius 3 is 2.54 bits per heavy atom. The van der Waals surface area contributed by atoms with Crippen molar-refractivity contribution in [3.63, 3.8) is 0 Å². The molecule has 48 heavy (non-hydrogen) atoms. The third kappa shape index (κ3) is 7.86. The first kappa shape index (κ1) is 37.3. The van der Waals surface area contributed by atoms with Crippen LogP contribution < -0.4 is 5.32 Å². The van der Waals surface area contributed by atoms with E-state index >= 15 is 0 Å². The number of benzene rings is 1. The van der Waals surface area contributed by atoms with Gasteiger partial charge in [-0.15, -0.1) is 13.2 Å². The minimum absolute atomic E-state index is 0.0633. The fraction of sp³-hybridized carbons (Fsp3) is 0.632. The molecule has 3 fully saturated rings. The predicted octanol–water partition coefficient (Wildman–Crippen LogP) is 4.87. The molecule has 3 aliphatic rings. The van der Waals surface area contributed by atoms with Gasteiger partial charge in [0, 0.05) is 32.2 Å². The zero-order valence-corrected chi connectivity index (χ0v) is 29.0. The van der Waals surface area contributed by atoms with Gasteiger partial charge in [-0.2, -0.15) is 0 Å². The van der Waals surface area contributed by atoms with Crippen molar-refractivity contribution in [1.82, 2.24) is 15.1 Å². The molecule has 3 amide bonds. The van der Waals surface area contributed by atoms with Crippen molar-refractivity contribution in [2.75, 3.05) is 19.7 Å². The fourth-order valence-corrected chi connectivity index (χ4v) is 7.99. The first-order valence-corrected chi connectivity index (χ1v) is 17.8. The largest absolute Gasteiger partial charge is 0.455 e. The molecule has 8 atom stereocenters. The van der Waals surface area contributed by atoms with E-state index in [0.29, 0.717) is 45.2 Å². The molecule has 3 heterocycles. The number of unbranched alkanes of at least 4 members (excludes halogenated alkanes) is 3. The Labute approximate surface area is 285 Å². The smallest absolute Gasteiger partial charge is 0.313 e. The van der Waals surface area contributed by atoms with Crippen molar-refractivity contribution in [2.45, 2.75) is 121 Å². The van der Waals surface area contributed by atoms with Crippen molar-refractivity contribution < 1.29 is 33.8 Å². The van der Waals surface area contributed by atoms with Gasteiger partial charge >= 0.3 is 5.97 Å². The summed E-state index contributed by atoms with van der Waals surface area (Å²) >= 11 is 0. The van der Waals surface area contributed by atoms with Gasteiger partial charge in [-0.05, 0) is 57.9 Å². The highest BCUT2D eigenvalue weighted by Gasteiger charge is 2.75. The Balaban J connectivity index is 1.65. The molecular weight excluding hydrogens is 610 g/mol. The van der Waals surface area contributed by atoms with E-state index in [2.05, 4.69) is 25.4 Å². The number of nitrogens with one attached hydrogen (secondary N) is 1. The molecule has 3 saturated heterocycles. The van der Waals surface area contributed by atoms with Crippen molar-refractivity contribution in [1.29, 1.82) is 0 Å². The van der Waals surface area contributed by atoms with Crippen molar-refractivity contribution >= 4 is 23.7 Å². The van der Waals surface area contributed by atoms with E-state index in [4.69, 9.17) is 9.47 Å². The highest BCUT2D eigenvalue weighted by atomic mass is 16.6. The van der Waals surface area contributed by atoms with E-state index in [0.717, 1.165) is 31.2 Å². The minimum atomic E-state index is -1.13. The second-order valence-electron chi connectivity index (χ2n) is 13.6. The highest BCUT2D eigenvalue weighted by Crippen LogP contribution is 2.59. The molecule has 4 rings (SSSR count). The molecular formula is C38H55N3O7. The molecule has 1 aromatic carbocycles. The molecule has 1 spiro atoms. The monoisotopic (exact) mass is 665 g/mol. The zero-order chi connectivity index (χ0) is 34.8. The van der Waals surface area contributed by atoms with Crippen molar-refractivity contribution in [2.24, 2.45) is 11.8 Å². The molecule has 0 aromatic heterocycles. The van der Waals surface area contributed by atoms with E-state index < -0.39 is 47.7 Å². The van der Waals surface area contributed by atoms with Crippen LogP contribution in [0.2, 0.25) is 0 Å². The van der Waals surface area contributed by atoms with Crippen LogP contribution in [0.3, 0.4) is 0 Å². The van der Waals surface area contributed by atoms with Gasteiger partial charge in [0.2, 0.25) is 17.7 Å². The van der Waals surface area contributed by atoms with E-state index in [1.54, 1.807) is 28.9 Å². The predicted molar refractivity (Wildman–Crippen MR) is 183 cm³/mol. The van der Waals surface area contributed by atoms with E-state index in [-0.39, 0.29) is 36.8 Å². The van der Waals surface area contributed by atoms with E-state index in [9.17, 15) is 24.3 Å². The average Bonchev–Trinajstić information content (AvgIpc) is 3.72. The second kappa shape index (κ2) is 17.2. The van der Waals surface area contributed by atoms with Gasteiger partial charge in [-0.25, -0.2) is 0 Å². The number of aliphatic hydroxyl groups excluding tert-OH is 1. The number of hydrogen-bond donors (Lipinski definition) is 2. The van der Waals surface area contributed by atoms with Gasteiger partial charge in [0.15, 0.2) is 0 Å². The molecule has 10 heteroatoms. The Morgan fingerprint density at radius 2 is 1.88 bits per heavy atom. The maximum atomic E-state index is 14.6. The summed E-state index contributed by atoms with van der Waals surface area (Å²) in [6.45, 7) is 14.3. The van der Waals surface area contributed by atoms with Crippen LogP contribution in [-0.2, 0) is 28.7 Å². The van der Waals surface area contributed by atoms with Crippen LogP contribution >= 0.6 is 0 Å². The topological polar surface area (TPSA) is 125 Å². The minimum Gasteiger partial charge on any atom is -0.455 e. The number of rotatable bonds is 20. The number of amides is 3. The van der Waals surface area contributed by atoms with Gasteiger partial charge in [0.25, 0.3) is 0 Å². The quantitative estimate of drug-likeness (QED) is 0.116. The number of fused-ring (bicyclic) bond motifs is 1. The van der Waals surface area contributed by atoms with Crippen LogP contribution in [-0.4, -0.2) is 88.1 Å². The first-order chi connectivity index (χ1) is 23.1. The molecule has 3 aliphatic heterocycles. The normalized spacial score (nSPS) is 26.0. The number of allylic oxidation sites excluding steroid dienone is 1. The van der Waals surface area contributed by atoms with Crippen molar-refractivity contribution in [3.05, 3.63) is 61.2 Å². The van der Waals surface area contributed by atoms with E-state index in [1.807, 2.05) is 37.3 Å². The maximum absolute atomic E-state index is 14.6. The van der Waals surface area contributed by atoms with Crippen LogP contribution in [0.1, 0.15) is 96.6 Å². The molecule has 2 N–H and O–H groups in total. The summed E-state index contributed by atoms with van der Waals surface area (Å²) in [7, 11) is 0. The average molecular weight is 666 g/mol. The highest BCUT2D eigenvalue weighted by molar-refractivity contribution is 5.98. The Morgan fingerprint density at radius 1 is 1.15 bits per heavy atom. The van der Waals surface area contributed by atoms with Crippen molar-refractivity contribution in [3.8, 4) is 0 Å². The summed E-state index contributed by atoms with van der Waals surface area (Å²) in [6, 6.07) is 7.80. The summed E-state index contributed by atoms with van der Waals surface area (Å²) in [5.41, 5.74) is -0.410. The third-order valence-corrected chi connectivity index (χ3v) is 10.3. The number of aliphatic hydroxyl groups is 1. The van der Waals surface area contributed by atoms with Gasteiger partial charge in [-0.1, -0.05) is 68.7 Å². The molecule has 1 aromatic rings. The SMILES string of the molecule is C=CCCC(=O)N[C@@H](C)[C@H](OC(=O)[C@@H]1[C@@H]2CC[C@]3(O2)[C@H](C(=O)N(CC=C)C(C)CCC)N(CCCCCCO)C(=O)[C@@H]13)c1ccccc1. The van der Waals surface area contributed by atoms with Crippen LogP contribution in [0.15, 0.2) is 55.6 Å². The third-order valence-electron chi connectivity index (χ3n) is 10.3. The van der Waals surface area contributed by atoms with Crippen LogP contribution in [0.25, 0.3) is 0 Å². The summed E-state index contributed by atoms with van der Waals surface area (Å²) in [6.07, 6.45) is 8.55. The lowest BCUT2D eigenvalue weighted by Gasteiger charge is -2.39. The Kier molecular flexibility index (Phi) is 13.4. The summed E-state index contributed by atoms with van der Waals surface area (Å²) in [5, 5.41) is 12.2. The molecule has 0 saturated carbocycles. The summed E-state index contributed by atoms with van der Waals surface area (Å²) < 4.78 is 12.9. The van der Waals surface area contributed by atoms with Crippen LogP contribution in [0.4, 0.5) is 0 Å². The number of carbonyl (C=O) groups excluding carboxylic acids is 4. The number of likely N-dealkylation sites (tertiary alicyclic amines) is 1. The van der Waals surface area contributed by atoms with Gasteiger partial charge < -0.3 is 29.7 Å². The lowest BCUT2D eigenvalue weighted by Crippen LogP contribution is -2.57. The second-order valence-corrected chi connectivity index (χ2v) is 13.6. The van der Waals surface area contributed by atoms with Crippen LogP contribution in [0.5, 0.6) is 0 Å². The fourth-order valence-electron chi connectivity index (χ4n) is 7.99. The molecule has 1 unspecified atom stereocenters. The van der Waals surface area contributed by atoms with Gasteiger partial charge in [0.1, 0.15) is 17.7 Å². The van der Waals surface area contributed by atoms with Gasteiger partial charge in [-0.3, -0.25) is 19.2 Å². The summed E-state index contributed by atoms with van der Waals surface area (Å²) in [4.78, 5) is 59.4. The van der Waals surface area contributed by atoms with Crippen LogP contribution in [0, 0.1) is 11.8 Å². The lowest BCUT2D eigenvalue weighted by molar-refractivity contribution is -0.162. The number of ether oxygens (including phenoxy) is 2. The van der Waals surface area contributed by atoms with E-state index in [1.165, 1.54) is 0 Å². The standard InChI is InChI=1S/C38H55N3O7/c1-6-9-20-30(43)39-27(5)33(28-18-13-12-14-19-28)47-37(46)31-29-21-22-38(48-29)32(31)35(44)41(24-15-10-11-16-25-42)34(38)36(45)40(23-8-3)26(4)17-7-2/h6,8,12-14,18-19,26-27,29,31-34,42H,1,3,7,9-11,15-17,20-25H2,2,4-5H3,(H,39,43)/t26?,27-,29-,31+,32+,33-,34-,38+/m0/s1. The molecule has 10 nitrogen and oxygen atoms in total. The molecule has 2 bridgehead atoms. The Hall–Kier alpha value is -3.50. The van der Waals surface area contributed by atoms with Gasteiger partial charge in [0.05, 0.1) is 24.0 Å². The lowest BCUT2D eigenvalue weighted by atomic mass is 9.70. The summed E-state index contributed by atoms with van der Waals surface area (Å²) in [5.74, 6) is -2.88. The number of hydrogen-bond acceptors (Lipinski definition) is 7. The zero-order valence-electron chi connectivity index (χ0n) is 29.0. The Bertz CT molecular complexity index is 1290. The number of nitrogens with zero attached hydrogens (tertiary/aromatic N) is 2. The number of carbonyl (C=O) groups is 4. The molecule has 264 valence electrons. The maximum Gasteiger partial charge on any atom is 0.313 e. The number of esters is 1. The molecule has 0 radical (unpaired) electrons.